The molecule has 2 radical (unpaired) electrons. The van der Waals surface area contributed by atoms with E-state index in [0.29, 0.717) is 30.8 Å². The molecule has 0 saturated carbocycles. The van der Waals surface area contributed by atoms with Gasteiger partial charge in [0.15, 0.2) is 0 Å². The second-order valence-electron chi connectivity index (χ2n) is 8.41. The molecule has 0 aliphatic carbocycles. The van der Waals surface area contributed by atoms with E-state index in [-0.39, 0.29) is 11.8 Å². The summed E-state index contributed by atoms with van der Waals surface area (Å²) in [5, 5.41) is 0. The van der Waals surface area contributed by atoms with Crippen LogP contribution in [0.1, 0.15) is 26.3 Å². The molecular formula is C23H27BN2O4. The second kappa shape index (κ2) is 8.82. The molecule has 1 fully saturated rings. The molecule has 1 saturated heterocycles. The molecule has 2 aromatic rings. The van der Waals surface area contributed by atoms with Gasteiger partial charge in [-0.25, -0.2) is 4.79 Å². The van der Waals surface area contributed by atoms with E-state index < -0.39 is 11.7 Å². The lowest BCUT2D eigenvalue weighted by atomic mass is 9.91. The molecule has 0 unspecified atom stereocenters. The van der Waals surface area contributed by atoms with Crippen LogP contribution in [-0.2, 0) is 16.1 Å². The van der Waals surface area contributed by atoms with Gasteiger partial charge in [-0.05, 0) is 44.5 Å². The minimum Gasteiger partial charge on any atom is -0.497 e. The number of hydrogen-bond donors (Lipinski definition) is 0. The van der Waals surface area contributed by atoms with Crippen LogP contribution in [0.5, 0.6) is 5.75 Å². The SMILES string of the molecule is [B]c1ccccc1N(Cc1ccc(OC)cc1)C(=O)C1CN(C(=O)OC(C)(C)C)C1. The topological polar surface area (TPSA) is 59.1 Å². The molecule has 0 bridgehead atoms. The number of anilines is 1. The summed E-state index contributed by atoms with van der Waals surface area (Å²) in [6.45, 7) is 6.51. The van der Waals surface area contributed by atoms with Crippen molar-refractivity contribution < 1.29 is 19.1 Å². The van der Waals surface area contributed by atoms with Gasteiger partial charge >= 0.3 is 6.09 Å². The fourth-order valence-electron chi connectivity index (χ4n) is 3.26. The van der Waals surface area contributed by atoms with Crippen LogP contribution in [0.3, 0.4) is 0 Å². The molecule has 30 heavy (non-hydrogen) atoms. The number of rotatable bonds is 5. The molecule has 0 spiro atoms. The van der Waals surface area contributed by atoms with Crippen molar-refractivity contribution in [2.45, 2.75) is 32.9 Å². The highest BCUT2D eigenvalue weighted by Gasteiger charge is 2.40. The van der Waals surface area contributed by atoms with E-state index in [2.05, 4.69) is 0 Å². The van der Waals surface area contributed by atoms with Crippen LogP contribution in [0.2, 0.25) is 0 Å². The van der Waals surface area contributed by atoms with Crippen molar-refractivity contribution >= 4 is 31.0 Å². The lowest BCUT2D eigenvalue weighted by Crippen LogP contribution is -2.57. The number of methoxy groups -OCH3 is 1. The standard InChI is InChI=1S/C23H27BN2O4/c1-23(2,3)30-22(28)25-14-17(15-25)21(27)26(20-8-6-5-7-19(20)24)13-16-9-11-18(29-4)12-10-16/h5-12,17H,13-15H2,1-4H3. The number of likely N-dealkylation sites (tertiary alicyclic amines) is 1. The summed E-state index contributed by atoms with van der Waals surface area (Å²) in [4.78, 5) is 28.8. The number of nitrogens with zero attached hydrogens (tertiary/aromatic N) is 2. The summed E-state index contributed by atoms with van der Waals surface area (Å²) < 4.78 is 10.6. The molecular weight excluding hydrogens is 379 g/mol. The molecule has 0 aromatic heterocycles. The van der Waals surface area contributed by atoms with Crippen molar-refractivity contribution in [3.63, 3.8) is 0 Å². The number of carbonyl (C=O) groups is 2. The lowest BCUT2D eigenvalue weighted by Gasteiger charge is -2.41. The van der Waals surface area contributed by atoms with Crippen molar-refractivity contribution in [3.8, 4) is 5.75 Å². The first-order valence-corrected chi connectivity index (χ1v) is 9.94. The normalized spacial score (nSPS) is 14.1. The maximum absolute atomic E-state index is 13.3. The fourth-order valence-corrected chi connectivity index (χ4v) is 3.26. The highest BCUT2D eigenvalue weighted by molar-refractivity contribution is 6.36. The predicted molar refractivity (Wildman–Crippen MR) is 117 cm³/mol. The number of benzene rings is 2. The highest BCUT2D eigenvalue weighted by atomic mass is 16.6. The van der Waals surface area contributed by atoms with Gasteiger partial charge in [0.25, 0.3) is 0 Å². The van der Waals surface area contributed by atoms with Gasteiger partial charge in [0.2, 0.25) is 5.91 Å². The first kappa shape index (κ1) is 21.7. The first-order chi connectivity index (χ1) is 14.2. The Balaban J connectivity index is 1.75. The van der Waals surface area contributed by atoms with Crippen molar-refractivity contribution in [3.05, 3.63) is 54.1 Å². The maximum Gasteiger partial charge on any atom is 0.410 e. The van der Waals surface area contributed by atoms with E-state index in [1.165, 1.54) is 0 Å². The minimum atomic E-state index is -0.564. The van der Waals surface area contributed by atoms with E-state index >= 15 is 0 Å². The molecule has 3 rings (SSSR count). The Hall–Kier alpha value is -2.96. The minimum absolute atomic E-state index is 0.0662. The van der Waals surface area contributed by atoms with E-state index in [9.17, 15) is 9.59 Å². The van der Waals surface area contributed by atoms with E-state index in [4.69, 9.17) is 17.3 Å². The number of ether oxygens (including phenoxy) is 2. The summed E-state index contributed by atoms with van der Waals surface area (Å²) in [5.74, 6) is 0.391. The highest BCUT2D eigenvalue weighted by Crippen LogP contribution is 2.25. The summed E-state index contributed by atoms with van der Waals surface area (Å²) in [7, 11) is 7.78. The molecule has 1 heterocycles. The third-order valence-electron chi connectivity index (χ3n) is 4.88. The zero-order chi connectivity index (χ0) is 21.9. The average Bonchev–Trinajstić information content (AvgIpc) is 2.64. The van der Waals surface area contributed by atoms with Gasteiger partial charge in [-0.1, -0.05) is 35.8 Å². The van der Waals surface area contributed by atoms with Gasteiger partial charge in [0.1, 0.15) is 19.2 Å². The molecule has 0 N–H and O–H groups in total. The molecule has 0 atom stereocenters. The number of para-hydroxylation sites is 1. The largest absolute Gasteiger partial charge is 0.497 e. The predicted octanol–water partition coefficient (Wildman–Crippen LogP) is 2.89. The van der Waals surface area contributed by atoms with Gasteiger partial charge in [0, 0.05) is 18.8 Å². The number of amides is 2. The van der Waals surface area contributed by atoms with E-state index in [0.717, 1.165) is 11.3 Å². The van der Waals surface area contributed by atoms with Gasteiger partial charge in [-0.2, -0.15) is 0 Å². The third-order valence-corrected chi connectivity index (χ3v) is 4.88. The second-order valence-corrected chi connectivity index (χ2v) is 8.41. The Morgan fingerprint density at radius 1 is 1.10 bits per heavy atom. The molecule has 2 aromatic carbocycles. The Bertz CT molecular complexity index is 902. The number of carbonyl (C=O) groups excluding carboxylic acids is 2. The van der Waals surface area contributed by atoms with E-state index in [1.54, 1.807) is 23.0 Å². The zero-order valence-electron chi connectivity index (χ0n) is 17.9. The average molecular weight is 406 g/mol. The Morgan fingerprint density at radius 2 is 1.73 bits per heavy atom. The molecule has 7 heteroatoms. The first-order valence-electron chi connectivity index (χ1n) is 9.94. The molecule has 1 aliphatic rings. The fraction of sp³-hybridized carbons (Fsp3) is 0.391. The van der Waals surface area contributed by atoms with Crippen molar-refractivity contribution in [2.24, 2.45) is 5.92 Å². The monoisotopic (exact) mass is 406 g/mol. The van der Waals surface area contributed by atoms with Crippen LogP contribution in [0.4, 0.5) is 10.5 Å². The summed E-state index contributed by atoms with van der Waals surface area (Å²) in [5.41, 5.74) is 1.58. The van der Waals surface area contributed by atoms with Crippen molar-refractivity contribution in [2.75, 3.05) is 25.1 Å². The van der Waals surface area contributed by atoms with Crippen molar-refractivity contribution in [1.82, 2.24) is 4.90 Å². The zero-order valence-corrected chi connectivity index (χ0v) is 17.9. The Labute approximate surface area is 179 Å². The van der Waals surface area contributed by atoms with Crippen LogP contribution >= 0.6 is 0 Å². The van der Waals surface area contributed by atoms with Crippen LogP contribution in [0.15, 0.2) is 48.5 Å². The summed E-state index contributed by atoms with van der Waals surface area (Å²) in [6.07, 6.45) is -0.396. The Morgan fingerprint density at radius 3 is 2.30 bits per heavy atom. The van der Waals surface area contributed by atoms with Crippen LogP contribution in [0, 0.1) is 5.92 Å². The van der Waals surface area contributed by atoms with Crippen molar-refractivity contribution in [1.29, 1.82) is 0 Å². The smallest absolute Gasteiger partial charge is 0.410 e. The van der Waals surface area contributed by atoms with Crippen LogP contribution in [-0.4, -0.2) is 50.5 Å². The third kappa shape index (κ3) is 5.15. The van der Waals surface area contributed by atoms with Gasteiger partial charge in [-0.3, -0.25) is 4.79 Å². The molecule has 156 valence electrons. The molecule has 6 nitrogen and oxygen atoms in total. The van der Waals surface area contributed by atoms with Crippen LogP contribution < -0.4 is 15.1 Å². The van der Waals surface area contributed by atoms with Gasteiger partial charge in [0.05, 0.1) is 19.6 Å². The molecule has 1 aliphatic heterocycles. The van der Waals surface area contributed by atoms with E-state index in [1.807, 2.05) is 63.2 Å². The Kier molecular flexibility index (Phi) is 6.39. The lowest BCUT2D eigenvalue weighted by molar-refractivity contribution is -0.127. The number of hydrogen-bond acceptors (Lipinski definition) is 4. The quantitative estimate of drug-likeness (QED) is 0.717. The summed E-state index contributed by atoms with van der Waals surface area (Å²) in [6, 6.07) is 14.9. The van der Waals surface area contributed by atoms with Crippen LogP contribution in [0.25, 0.3) is 0 Å². The molecule has 2 amide bonds. The maximum atomic E-state index is 13.3. The summed E-state index contributed by atoms with van der Waals surface area (Å²) >= 11 is 0. The van der Waals surface area contributed by atoms with Gasteiger partial charge in [-0.15, -0.1) is 0 Å². The van der Waals surface area contributed by atoms with Gasteiger partial charge < -0.3 is 19.3 Å².